The number of ether oxygens (including phenoxy) is 1. The van der Waals surface area contributed by atoms with Crippen molar-refractivity contribution >= 4 is 11.9 Å². The van der Waals surface area contributed by atoms with E-state index in [4.69, 9.17) is 4.74 Å². The van der Waals surface area contributed by atoms with E-state index in [1.54, 1.807) is 0 Å². The third-order valence-corrected chi connectivity index (χ3v) is 3.27. The molecule has 1 heterocycles. The molecule has 1 rings (SSSR count). The molecule has 1 fully saturated rings. The molecule has 0 bridgehead atoms. The summed E-state index contributed by atoms with van der Waals surface area (Å²) in [7, 11) is 0. The number of morpholine rings is 1. The van der Waals surface area contributed by atoms with E-state index in [2.05, 4.69) is 10.6 Å². The molecule has 19 heavy (non-hydrogen) atoms. The van der Waals surface area contributed by atoms with Crippen molar-refractivity contribution < 1.29 is 19.2 Å². The molecule has 3 atom stereocenters. The molecule has 1 aliphatic rings. The number of amides is 3. The van der Waals surface area contributed by atoms with Crippen molar-refractivity contribution in [2.24, 2.45) is 0 Å². The van der Waals surface area contributed by atoms with Crippen LogP contribution in [0.5, 0.6) is 0 Å². The monoisotopic (exact) mass is 272 g/mol. The lowest BCUT2D eigenvalue weighted by Crippen LogP contribution is -3.16. The highest BCUT2D eigenvalue weighted by atomic mass is 16.5. The lowest BCUT2D eigenvalue weighted by Gasteiger charge is -2.31. The average molecular weight is 272 g/mol. The Morgan fingerprint density at radius 2 is 1.89 bits per heavy atom. The molecule has 6 heteroatoms. The van der Waals surface area contributed by atoms with Crippen molar-refractivity contribution in [2.45, 2.75) is 52.4 Å². The SMILES string of the molecule is CC[C@@H](C)NC(=O)NC(=O)C[NH+]1C[C@@H](C)O[C@H](C)C1. The summed E-state index contributed by atoms with van der Waals surface area (Å²) < 4.78 is 5.61. The standard InChI is InChI=1S/C13H25N3O3/c1-5-9(2)14-13(18)15-12(17)8-16-6-10(3)19-11(4)7-16/h9-11H,5-8H2,1-4H3,(H2,14,15,17,18)/p+1/t9-,10-,11-/m1/s1. The van der Waals surface area contributed by atoms with Crippen LogP contribution in [0.1, 0.15) is 34.1 Å². The third kappa shape index (κ3) is 6.02. The number of nitrogens with one attached hydrogen (secondary N) is 3. The number of urea groups is 1. The van der Waals surface area contributed by atoms with Crippen LogP contribution in [0.4, 0.5) is 4.79 Å². The molecule has 3 amide bonds. The van der Waals surface area contributed by atoms with Crippen molar-refractivity contribution in [3.8, 4) is 0 Å². The molecule has 6 nitrogen and oxygen atoms in total. The number of carbonyl (C=O) groups is 2. The van der Waals surface area contributed by atoms with Crippen molar-refractivity contribution in [3.05, 3.63) is 0 Å². The fourth-order valence-corrected chi connectivity index (χ4v) is 2.29. The van der Waals surface area contributed by atoms with E-state index < -0.39 is 6.03 Å². The second-order valence-electron chi connectivity index (χ2n) is 5.42. The van der Waals surface area contributed by atoms with E-state index in [1.807, 2.05) is 27.7 Å². The van der Waals surface area contributed by atoms with Crippen LogP contribution in [-0.4, -0.2) is 49.8 Å². The van der Waals surface area contributed by atoms with Gasteiger partial charge in [-0.2, -0.15) is 0 Å². The highest BCUT2D eigenvalue weighted by Gasteiger charge is 2.27. The lowest BCUT2D eigenvalue weighted by molar-refractivity contribution is -0.907. The first-order valence-electron chi connectivity index (χ1n) is 7.00. The molecule has 1 aliphatic heterocycles. The van der Waals surface area contributed by atoms with Gasteiger partial charge in [-0.3, -0.25) is 10.1 Å². The van der Waals surface area contributed by atoms with E-state index in [1.165, 1.54) is 0 Å². The molecule has 0 spiro atoms. The van der Waals surface area contributed by atoms with Gasteiger partial charge in [-0.25, -0.2) is 4.79 Å². The van der Waals surface area contributed by atoms with Gasteiger partial charge in [0.15, 0.2) is 6.54 Å². The third-order valence-electron chi connectivity index (χ3n) is 3.27. The maximum Gasteiger partial charge on any atom is 0.321 e. The second-order valence-corrected chi connectivity index (χ2v) is 5.42. The summed E-state index contributed by atoms with van der Waals surface area (Å²) >= 11 is 0. The summed E-state index contributed by atoms with van der Waals surface area (Å²) in [6, 6.07) is -0.336. The van der Waals surface area contributed by atoms with Gasteiger partial charge in [-0.05, 0) is 27.2 Å². The van der Waals surface area contributed by atoms with Crippen LogP contribution in [0.3, 0.4) is 0 Å². The Kier molecular flexibility index (Phi) is 6.24. The van der Waals surface area contributed by atoms with Crippen molar-refractivity contribution in [2.75, 3.05) is 19.6 Å². The Bertz CT molecular complexity index is 312. The molecule has 110 valence electrons. The van der Waals surface area contributed by atoms with Crippen LogP contribution in [-0.2, 0) is 9.53 Å². The molecule has 1 saturated heterocycles. The molecule has 0 radical (unpaired) electrons. The first-order valence-corrected chi connectivity index (χ1v) is 7.00. The van der Waals surface area contributed by atoms with Crippen LogP contribution in [0.25, 0.3) is 0 Å². The molecular weight excluding hydrogens is 246 g/mol. The summed E-state index contributed by atoms with van der Waals surface area (Å²) in [6.07, 6.45) is 1.15. The average Bonchev–Trinajstić information content (AvgIpc) is 2.26. The fraction of sp³-hybridized carbons (Fsp3) is 0.846. The zero-order chi connectivity index (χ0) is 14.4. The van der Waals surface area contributed by atoms with Gasteiger partial charge in [0.2, 0.25) is 0 Å². The number of imide groups is 1. The number of carbonyl (C=O) groups excluding carboxylic acids is 2. The Morgan fingerprint density at radius 1 is 1.32 bits per heavy atom. The minimum atomic E-state index is -0.409. The first kappa shape index (κ1) is 15.9. The van der Waals surface area contributed by atoms with E-state index >= 15 is 0 Å². The molecule has 3 N–H and O–H groups in total. The predicted molar refractivity (Wildman–Crippen MR) is 72.0 cm³/mol. The summed E-state index contributed by atoms with van der Waals surface area (Å²) in [5.74, 6) is -0.239. The van der Waals surface area contributed by atoms with Crippen molar-refractivity contribution in [3.63, 3.8) is 0 Å². The molecular formula is C13H26N3O3+. The van der Waals surface area contributed by atoms with Gasteiger partial charge in [-0.1, -0.05) is 6.92 Å². The smallest absolute Gasteiger partial charge is 0.321 e. The highest BCUT2D eigenvalue weighted by Crippen LogP contribution is 1.97. The van der Waals surface area contributed by atoms with E-state index in [0.717, 1.165) is 24.4 Å². The zero-order valence-electron chi connectivity index (χ0n) is 12.3. The van der Waals surface area contributed by atoms with E-state index in [9.17, 15) is 9.59 Å². The molecule has 0 aromatic rings. The van der Waals surface area contributed by atoms with Gasteiger partial charge in [0.25, 0.3) is 5.91 Å². The molecule has 0 aliphatic carbocycles. The van der Waals surface area contributed by atoms with E-state index in [-0.39, 0.29) is 24.2 Å². The maximum absolute atomic E-state index is 11.8. The van der Waals surface area contributed by atoms with Gasteiger partial charge in [0.05, 0.1) is 0 Å². The summed E-state index contributed by atoms with van der Waals surface area (Å²) in [6.45, 7) is 9.79. The van der Waals surface area contributed by atoms with Crippen LogP contribution < -0.4 is 15.5 Å². The summed E-state index contributed by atoms with van der Waals surface area (Å²) in [5, 5.41) is 5.08. The van der Waals surface area contributed by atoms with Gasteiger partial charge in [0, 0.05) is 6.04 Å². The number of hydrogen-bond donors (Lipinski definition) is 3. The minimum Gasteiger partial charge on any atom is -0.364 e. The van der Waals surface area contributed by atoms with Gasteiger partial charge in [-0.15, -0.1) is 0 Å². The van der Waals surface area contributed by atoms with Gasteiger partial charge >= 0.3 is 6.03 Å². The zero-order valence-corrected chi connectivity index (χ0v) is 12.3. The van der Waals surface area contributed by atoms with Crippen LogP contribution in [0, 0.1) is 0 Å². The van der Waals surface area contributed by atoms with E-state index in [0.29, 0.717) is 6.54 Å². The quantitative estimate of drug-likeness (QED) is 0.634. The normalized spacial score (nSPS) is 28.5. The van der Waals surface area contributed by atoms with Crippen LogP contribution in [0.15, 0.2) is 0 Å². The van der Waals surface area contributed by atoms with Gasteiger partial charge in [0.1, 0.15) is 25.3 Å². The number of hydrogen-bond acceptors (Lipinski definition) is 3. The number of quaternary nitrogens is 1. The Hall–Kier alpha value is -1.14. The largest absolute Gasteiger partial charge is 0.364 e. The fourth-order valence-electron chi connectivity index (χ4n) is 2.29. The molecule has 0 aromatic carbocycles. The van der Waals surface area contributed by atoms with Crippen molar-refractivity contribution in [1.82, 2.24) is 10.6 Å². The molecule has 0 saturated carbocycles. The van der Waals surface area contributed by atoms with Gasteiger partial charge < -0.3 is 15.0 Å². The number of rotatable bonds is 4. The summed E-state index contributed by atoms with van der Waals surface area (Å²) in [5.41, 5.74) is 0. The second kappa shape index (κ2) is 7.45. The summed E-state index contributed by atoms with van der Waals surface area (Å²) in [4.78, 5) is 24.4. The topological polar surface area (TPSA) is 71.9 Å². The Morgan fingerprint density at radius 3 is 2.42 bits per heavy atom. The highest BCUT2D eigenvalue weighted by molar-refractivity contribution is 5.94. The molecule has 0 aromatic heterocycles. The molecule has 0 unspecified atom stereocenters. The van der Waals surface area contributed by atoms with Crippen LogP contribution in [0.2, 0.25) is 0 Å². The van der Waals surface area contributed by atoms with Crippen LogP contribution >= 0.6 is 0 Å². The van der Waals surface area contributed by atoms with Crippen molar-refractivity contribution in [1.29, 1.82) is 0 Å². The first-order chi connectivity index (χ1) is 8.90. The lowest BCUT2D eigenvalue weighted by atomic mass is 10.2. The maximum atomic E-state index is 11.8. The minimum absolute atomic E-state index is 0.0728. The predicted octanol–water partition coefficient (Wildman–Crippen LogP) is -0.697. The Balaban J connectivity index is 2.32. The Labute approximate surface area is 114 Å².